The lowest BCUT2D eigenvalue weighted by Gasteiger charge is -2.36. The van der Waals surface area contributed by atoms with Crippen LogP contribution in [0.2, 0.25) is 0 Å². The molecule has 4 rings (SSSR count). The van der Waals surface area contributed by atoms with E-state index in [4.69, 9.17) is 9.57 Å². The van der Waals surface area contributed by atoms with Crippen molar-refractivity contribution >= 4 is 17.6 Å². The van der Waals surface area contributed by atoms with Crippen LogP contribution in [-0.2, 0) is 9.57 Å². The molecule has 0 saturated carbocycles. The Kier molecular flexibility index (Phi) is 3.19. The molecule has 0 N–H and O–H groups in total. The molecule has 2 atom stereocenters. The highest BCUT2D eigenvalue weighted by Crippen LogP contribution is 2.48. The molecule has 6 heteroatoms. The van der Waals surface area contributed by atoms with Crippen molar-refractivity contribution in [2.75, 3.05) is 18.2 Å². The predicted octanol–water partition coefficient (Wildman–Crippen LogP) is 2.77. The number of hydrogen-bond donors (Lipinski definition) is 0. The van der Waals surface area contributed by atoms with Gasteiger partial charge >= 0.3 is 6.09 Å². The van der Waals surface area contributed by atoms with Gasteiger partial charge in [0.25, 0.3) is 0 Å². The maximum atomic E-state index is 13.1. The number of Topliss-reactive ketones (excluding diaryl/α,β-unsaturated/α-hetero) is 1. The van der Waals surface area contributed by atoms with Crippen LogP contribution in [0.25, 0.3) is 0 Å². The standard InChI is InChI=1S/C18H22N2O4/c1-17(2,3)23-16(22)19-9-8-12-10-18(11-19)15(21)13-6-4-5-7-14(13)20(18)24-12/h4-7,12H,8-11H2,1-3H3/t12-,18-/m0/s1. The van der Waals surface area contributed by atoms with E-state index in [-0.39, 0.29) is 18.0 Å². The first-order chi connectivity index (χ1) is 11.3. The van der Waals surface area contributed by atoms with Crippen molar-refractivity contribution in [2.24, 2.45) is 0 Å². The number of ketones is 1. The van der Waals surface area contributed by atoms with Gasteiger partial charge in [0.1, 0.15) is 5.60 Å². The number of benzene rings is 1. The van der Waals surface area contributed by atoms with Crippen molar-refractivity contribution in [3.05, 3.63) is 29.8 Å². The number of hydrogen-bond acceptors (Lipinski definition) is 5. The van der Waals surface area contributed by atoms with E-state index in [2.05, 4.69) is 0 Å². The van der Waals surface area contributed by atoms with Gasteiger partial charge in [-0.15, -0.1) is 0 Å². The lowest BCUT2D eigenvalue weighted by Crippen LogP contribution is -2.55. The molecule has 2 bridgehead atoms. The summed E-state index contributed by atoms with van der Waals surface area (Å²) in [5.41, 5.74) is 0.0961. The van der Waals surface area contributed by atoms with Crippen molar-refractivity contribution in [2.45, 2.75) is 50.9 Å². The zero-order valence-corrected chi connectivity index (χ0v) is 14.2. The van der Waals surface area contributed by atoms with Gasteiger partial charge in [-0.3, -0.25) is 9.63 Å². The number of amides is 1. The number of nitrogens with zero attached hydrogens (tertiary/aromatic N) is 2. The van der Waals surface area contributed by atoms with Crippen LogP contribution in [-0.4, -0.2) is 47.1 Å². The van der Waals surface area contributed by atoms with Crippen LogP contribution in [0.15, 0.2) is 24.3 Å². The molecule has 128 valence electrons. The Morgan fingerprint density at radius 2 is 2.08 bits per heavy atom. The molecule has 0 aliphatic carbocycles. The monoisotopic (exact) mass is 330 g/mol. The average Bonchev–Trinajstić information content (AvgIpc) is 2.85. The minimum atomic E-state index is -0.818. The quantitative estimate of drug-likeness (QED) is 0.732. The highest BCUT2D eigenvalue weighted by molar-refractivity contribution is 6.14. The summed E-state index contributed by atoms with van der Waals surface area (Å²) in [6.45, 7) is 6.38. The van der Waals surface area contributed by atoms with Gasteiger partial charge < -0.3 is 9.64 Å². The van der Waals surface area contributed by atoms with Gasteiger partial charge in [0.05, 0.1) is 18.3 Å². The van der Waals surface area contributed by atoms with E-state index >= 15 is 0 Å². The molecular formula is C18H22N2O4. The number of carbonyl (C=O) groups excluding carboxylic acids is 2. The predicted molar refractivity (Wildman–Crippen MR) is 87.9 cm³/mol. The third kappa shape index (κ3) is 2.20. The maximum Gasteiger partial charge on any atom is 0.410 e. The number of likely N-dealkylation sites (tertiary alicyclic amines) is 1. The lowest BCUT2D eigenvalue weighted by molar-refractivity contribution is 0.00858. The van der Waals surface area contributed by atoms with Crippen LogP contribution >= 0.6 is 0 Å². The largest absolute Gasteiger partial charge is 0.444 e. The van der Waals surface area contributed by atoms with Crippen molar-refractivity contribution in [3.63, 3.8) is 0 Å². The van der Waals surface area contributed by atoms with E-state index in [1.165, 1.54) is 0 Å². The molecule has 24 heavy (non-hydrogen) atoms. The number of anilines is 1. The number of fused-ring (bicyclic) bond motifs is 3. The Labute approximate surface area is 141 Å². The van der Waals surface area contributed by atoms with E-state index < -0.39 is 11.1 Å². The molecule has 1 spiro atoms. The van der Waals surface area contributed by atoms with Gasteiger partial charge in [-0.1, -0.05) is 12.1 Å². The first-order valence-corrected chi connectivity index (χ1v) is 8.39. The zero-order chi connectivity index (χ0) is 17.1. The topological polar surface area (TPSA) is 59.1 Å². The minimum Gasteiger partial charge on any atom is -0.444 e. The molecule has 3 aliphatic rings. The summed E-state index contributed by atoms with van der Waals surface area (Å²) in [5.74, 6) is 0.0380. The highest BCUT2D eigenvalue weighted by Gasteiger charge is 2.60. The van der Waals surface area contributed by atoms with Crippen molar-refractivity contribution < 1.29 is 19.2 Å². The van der Waals surface area contributed by atoms with E-state index in [0.717, 1.165) is 5.69 Å². The molecular weight excluding hydrogens is 308 g/mol. The molecule has 6 nitrogen and oxygen atoms in total. The molecule has 1 aromatic rings. The average molecular weight is 330 g/mol. The Hall–Kier alpha value is -2.08. The van der Waals surface area contributed by atoms with Gasteiger partial charge in [-0.05, 0) is 39.3 Å². The first-order valence-electron chi connectivity index (χ1n) is 8.39. The Bertz CT molecular complexity index is 711. The summed E-state index contributed by atoms with van der Waals surface area (Å²) in [6, 6.07) is 7.48. The first kappa shape index (κ1) is 15.4. The maximum absolute atomic E-state index is 13.1. The van der Waals surface area contributed by atoms with Crippen molar-refractivity contribution in [1.29, 1.82) is 0 Å². The summed E-state index contributed by atoms with van der Waals surface area (Å²) in [6.07, 6.45) is 0.898. The SMILES string of the molecule is CC(C)(C)OC(=O)N1CC[C@H]2C[C@]3(C1)C(=O)c1ccccc1N3O2. The fourth-order valence-corrected chi connectivity index (χ4v) is 3.84. The summed E-state index contributed by atoms with van der Waals surface area (Å²) in [5, 5.41) is 1.74. The highest BCUT2D eigenvalue weighted by atomic mass is 16.7. The Morgan fingerprint density at radius 3 is 2.83 bits per heavy atom. The fraction of sp³-hybridized carbons (Fsp3) is 0.556. The second kappa shape index (κ2) is 4.96. The lowest BCUT2D eigenvalue weighted by atomic mass is 9.88. The molecule has 3 aliphatic heterocycles. The van der Waals surface area contributed by atoms with Gasteiger partial charge in [0, 0.05) is 18.5 Å². The van der Waals surface area contributed by atoms with Crippen LogP contribution in [0.3, 0.4) is 0 Å². The molecule has 1 aromatic carbocycles. The van der Waals surface area contributed by atoms with E-state index in [0.29, 0.717) is 31.5 Å². The summed E-state index contributed by atoms with van der Waals surface area (Å²) < 4.78 is 5.51. The van der Waals surface area contributed by atoms with Crippen LogP contribution in [0, 0.1) is 0 Å². The number of carbonyl (C=O) groups is 2. The zero-order valence-electron chi connectivity index (χ0n) is 14.2. The molecule has 1 amide bonds. The summed E-state index contributed by atoms with van der Waals surface area (Å²) >= 11 is 0. The Morgan fingerprint density at radius 1 is 1.33 bits per heavy atom. The number of hydroxylamine groups is 1. The molecule has 0 aromatic heterocycles. The van der Waals surface area contributed by atoms with Gasteiger partial charge in [0.2, 0.25) is 0 Å². The molecule has 0 unspecified atom stereocenters. The molecule has 0 radical (unpaired) electrons. The molecule has 2 fully saturated rings. The number of ether oxygens (including phenoxy) is 1. The number of rotatable bonds is 0. The summed E-state index contributed by atoms with van der Waals surface area (Å²) in [7, 11) is 0. The fourth-order valence-electron chi connectivity index (χ4n) is 3.84. The van der Waals surface area contributed by atoms with Crippen LogP contribution in [0.5, 0.6) is 0 Å². The third-order valence-corrected chi connectivity index (χ3v) is 4.82. The minimum absolute atomic E-state index is 0.0380. The second-order valence-corrected chi connectivity index (χ2v) is 7.79. The van der Waals surface area contributed by atoms with Crippen LogP contribution in [0.4, 0.5) is 10.5 Å². The van der Waals surface area contributed by atoms with Crippen molar-refractivity contribution in [3.8, 4) is 0 Å². The van der Waals surface area contributed by atoms with E-state index in [9.17, 15) is 9.59 Å². The van der Waals surface area contributed by atoms with Crippen molar-refractivity contribution in [1.82, 2.24) is 4.90 Å². The third-order valence-electron chi connectivity index (χ3n) is 4.82. The number of para-hydroxylation sites is 1. The van der Waals surface area contributed by atoms with Crippen LogP contribution < -0.4 is 5.06 Å². The smallest absolute Gasteiger partial charge is 0.410 e. The van der Waals surface area contributed by atoms with Gasteiger partial charge in [0.15, 0.2) is 11.3 Å². The van der Waals surface area contributed by atoms with E-state index in [1.54, 1.807) is 9.96 Å². The van der Waals surface area contributed by atoms with Gasteiger partial charge in [-0.25, -0.2) is 9.86 Å². The normalized spacial score (nSPS) is 28.5. The van der Waals surface area contributed by atoms with Gasteiger partial charge in [-0.2, -0.15) is 0 Å². The Balaban J connectivity index is 1.67. The second-order valence-electron chi connectivity index (χ2n) is 7.79. The molecule has 2 saturated heterocycles. The van der Waals surface area contributed by atoms with Crippen LogP contribution in [0.1, 0.15) is 44.0 Å². The summed E-state index contributed by atoms with van der Waals surface area (Å²) in [4.78, 5) is 33.4. The molecule has 3 heterocycles. The van der Waals surface area contributed by atoms with E-state index in [1.807, 2.05) is 45.0 Å².